The average molecular weight is 397 g/mol. The molecule has 0 fully saturated rings. The molecule has 0 saturated carbocycles. The monoisotopic (exact) mass is 396 g/mol. The van der Waals surface area contributed by atoms with Crippen LogP contribution in [0.2, 0.25) is 0 Å². The minimum atomic E-state index is 0.561. The third-order valence-electron chi connectivity index (χ3n) is 6.77. The van der Waals surface area contributed by atoms with Gasteiger partial charge in [-0.15, -0.1) is 0 Å². The van der Waals surface area contributed by atoms with Crippen LogP contribution in [0, 0.1) is 0 Å². The minimum absolute atomic E-state index is 0.561. The molecule has 1 unspecified atom stereocenters. The Bertz CT molecular complexity index is 965. The summed E-state index contributed by atoms with van der Waals surface area (Å²) in [6, 6.07) is 25.6. The number of rotatable bonds is 8. The third-order valence-corrected chi connectivity index (χ3v) is 6.77. The van der Waals surface area contributed by atoms with Crippen LogP contribution in [-0.2, 0) is 25.7 Å². The van der Waals surface area contributed by atoms with Gasteiger partial charge < -0.3 is 0 Å². The molecule has 0 aromatic heterocycles. The topological polar surface area (TPSA) is 0 Å². The zero-order valence-electron chi connectivity index (χ0n) is 18.8. The van der Waals surface area contributed by atoms with E-state index in [1.807, 2.05) is 0 Å². The maximum atomic E-state index is 2.52. The summed E-state index contributed by atoms with van der Waals surface area (Å²) in [5.41, 5.74) is 10.6. The summed E-state index contributed by atoms with van der Waals surface area (Å²) in [6.07, 6.45) is 11.1. The van der Waals surface area contributed by atoms with E-state index in [0.717, 1.165) is 12.8 Å². The zero-order chi connectivity index (χ0) is 20.8. The van der Waals surface area contributed by atoms with E-state index in [-0.39, 0.29) is 0 Å². The van der Waals surface area contributed by atoms with Gasteiger partial charge in [0.05, 0.1) is 0 Å². The van der Waals surface area contributed by atoms with E-state index in [1.54, 1.807) is 16.7 Å². The van der Waals surface area contributed by atoms with Crippen molar-refractivity contribution < 1.29 is 0 Å². The molecule has 0 heteroatoms. The minimum Gasteiger partial charge on any atom is -0.0654 e. The molecule has 3 aromatic rings. The molecule has 3 aromatic carbocycles. The van der Waals surface area contributed by atoms with Gasteiger partial charge in [0.2, 0.25) is 0 Å². The van der Waals surface area contributed by atoms with Gasteiger partial charge in [-0.05, 0) is 83.4 Å². The summed E-state index contributed by atoms with van der Waals surface area (Å²) in [6.45, 7) is 4.58. The lowest BCUT2D eigenvalue weighted by molar-refractivity contribution is 0.670. The van der Waals surface area contributed by atoms with Crippen LogP contribution < -0.4 is 0 Å². The van der Waals surface area contributed by atoms with Crippen LogP contribution in [-0.4, -0.2) is 0 Å². The van der Waals surface area contributed by atoms with Crippen molar-refractivity contribution in [3.8, 4) is 11.1 Å². The van der Waals surface area contributed by atoms with Crippen molar-refractivity contribution >= 4 is 0 Å². The second-order valence-electron chi connectivity index (χ2n) is 9.01. The van der Waals surface area contributed by atoms with Gasteiger partial charge in [-0.3, -0.25) is 0 Å². The highest BCUT2D eigenvalue weighted by Gasteiger charge is 2.24. The van der Waals surface area contributed by atoms with Crippen molar-refractivity contribution in [1.82, 2.24) is 0 Å². The van der Waals surface area contributed by atoms with E-state index < -0.39 is 0 Å². The summed E-state index contributed by atoms with van der Waals surface area (Å²) < 4.78 is 0. The largest absolute Gasteiger partial charge is 0.0654 e. The zero-order valence-corrected chi connectivity index (χ0v) is 18.8. The van der Waals surface area contributed by atoms with E-state index in [1.165, 1.54) is 67.2 Å². The van der Waals surface area contributed by atoms with Crippen molar-refractivity contribution in [2.24, 2.45) is 0 Å². The first-order chi connectivity index (χ1) is 14.8. The van der Waals surface area contributed by atoms with Gasteiger partial charge in [-0.25, -0.2) is 0 Å². The molecule has 0 radical (unpaired) electrons. The van der Waals surface area contributed by atoms with Gasteiger partial charge >= 0.3 is 0 Å². The van der Waals surface area contributed by atoms with Gasteiger partial charge in [0.15, 0.2) is 0 Å². The van der Waals surface area contributed by atoms with Crippen molar-refractivity contribution in [3.05, 3.63) is 94.5 Å². The molecule has 1 aliphatic carbocycles. The molecule has 1 atom stereocenters. The Morgan fingerprint density at radius 1 is 0.667 bits per heavy atom. The van der Waals surface area contributed by atoms with Crippen molar-refractivity contribution in [2.45, 2.75) is 77.6 Å². The Labute approximate surface area is 183 Å². The fraction of sp³-hybridized carbons (Fsp3) is 0.400. The third kappa shape index (κ3) is 4.69. The molecule has 1 aliphatic rings. The molecule has 30 heavy (non-hydrogen) atoms. The molecule has 156 valence electrons. The summed E-state index contributed by atoms with van der Waals surface area (Å²) in [5, 5.41) is 0. The van der Waals surface area contributed by atoms with Crippen LogP contribution in [0.1, 0.15) is 79.7 Å². The van der Waals surface area contributed by atoms with Crippen LogP contribution in [0.5, 0.6) is 0 Å². The Morgan fingerprint density at radius 3 is 2.27 bits per heavy atom. The highest BCUT2D eigenvalue weighted by Crippen LogP contribution is 2.39. The van der Waals surface area contributed by atoms with Crippen molar-refractivity contribution in [2.75, 3.05) is 0 Å². The summed E-state index contributed by atoms with van der Waals surface area (Å²) in [5.74, 6) is 0.561. The number of hydrogen-bond donors (Lipinski definition) is 0. The lowest BCUT2D eigenvalue weighted by Crippen LogP contribution is -2.08. The fourth-order valence-corrected chi connectivity index (χ4v) is 5.12. The second-order valence-corrected chi connectivity index (χ2v) is 9.01. The number of unbranched alkanes of at least 4 members (excludes halogenated alkanes) is 3. The van der Waals surface area contributed by atoms with Crippen molar-refractivity contribution in [1.29, 1.82) is 0 Å². The van der Waals surface area contributed by atoms with Gasteiger partial charge in [-0.1, -0.05) is 99.8 Å². The quantitative estimate of drug-likeness (QED) is 0.336. The van der Waals surface area contributed by atoms with E-state index in [0.29, 0.717) is 5.92 Å². The van der Waals surface area contributed by atoms with Crippen molar-refractivity contribution in [3.63, 3.8) is 0 Å². The number of benzene rings is 3. The SMILES string of the molecule is CCCCCc1ccc2c(c1)CC(c1ccccc1CCCC)Cc1ccccc1-2. The predicted molar refractivity (Wildman–Crippen MR) is 130 cm³/mol. The Morgan fingerprint density at radius 2 is 1.40 bits per heavy atom. The highest BCUT2D eigenvalue weighted by atomic mass is 14.3. The number of aryl methyl sites for hydroxylation is 2. The van der Waals surface area contributed by atoms with Crippen LogP contribution in [0.4, 0.5) is 0 Å². The predicted octanol–water partition coefficient (Wildman–Crippen LogP) is 8.31. The lowest BCUT2D eigenvalue weighted by Gasteiger charge is -2.20. The maximum Gasteiger partial charge on any atom is -0.00779 e. The van der Waals surface area contributed by atoms with Gasteiger partial charge in [0, 0.05) is 0 Å². The van der Waals surface area contributed by atoms with Crippen LogP contribution in [0.3, 0.4) is 0 Å². The summed E-state index contributed by atoms with van der Waals surface area (Å²) >= 11 is 0. The normalized spacial score (nSPS) is 15.3. The van der Waals surface area contributed by atoms with Crippen LogP contribution >= 0.6 is 0 Å². The molecular formula is C30H36. The number of fused-ring (bicyclic) bond motifs is 3. The molecular weight excluding hydrogens is 360 g/mol. The first-order valence-corrected chi connectivity index (χ1v) is 12.1. The van der Waals surface area contributed by atoms with E-state index >= 15 is 0 Å². The Balaban J connectivity index is 1.73. The molecule has 0 aliphatic heterocycles. The highest BCUT2D eigenvalue weighted by molar-refractivity contribution is 5.72. The van der Waals surface area contributed by atoms with Crippen LogP contribution in [0.25, 0.3) is 11.1 Å². The smallest absolute Gasteiger partial charge is 0.00779 e. The Hall–Kier alpha value is -2.34. The average Bonchev–Trinajstić information content (AvgIpc) is 2.94. The van der Waals surface area contributed by atoms with E-state index in [4.69, 9.17) is 0 Å². The first-order valence-electron chi connectivity index (χ1n) is 12.1. The molecule has 0 N–H and O–H groups in total. The fourth-order valence-electron chi connectivity index (χ4n) is 5.12. The Kier molecular flexibility index (Phi) is 7.05. The van der Waals surface area contributed by atoms with E-state index in [9.17, 15) is 0 Å². The standard InChI is InChI=1S/C30H36/c1-3-5-7-12-23-18-19-30-26(20-23)22-27(21-25-15-9-11-17-29(25)30)28-16-10-8-14-24(28)13-6-4-2/h8-11,14-20,27H,3-7,12-13,21-22H2,1-2H3. The van der Waals surface area contributed by atoms with Crippen LogP contribution in [0.15, 0.2) is 66.7 Å². The molecule has 0 spiro atoms. The molecule has 0 nitrogen and oxygen atoms in total. The van der Waals surface area contributed by atoms with Gasteiger partial charge in [0.25, 0.3) is 0 Å². The first kappa shape index (κ1) is 20.9. The maximum absolute atomic E-state index is 2.52. The van der Waals surface area contributed by atoms with Gasteiger partial charge in [0.1, 0.15) is 0 Å². The lowest BCUT2D eigenvalue weighted by atomic mass is 9.84. The molecule has 0 bridgehead atoms. The molecule has 4 rings (SSSR count). The molecule has 0 saturated heterocycles. The summed E-state index contributed by atoms with van der Waals surface area (Å²) in [7, 11) is 0. The molecule has 0 heterocycles. The summed E-state index contributed by atoms with van der Waals surface area (Å²) in [4.78, 5) is 0. The second kappa shape index (κ2) is 10.1. The molecule has 0 amide bonds. The van der Waals surface area contributed by atoms with E-state index in [2.05, 4.69) is 80.6 Å². The van der Waals surface area contributed by atoms with Gasteiger partial charge in [-0.2, -0.15) is 0 Å². The number of hydrogen-bond acceptors (Lipinski definition) is 0.